The summed E-state index contributed by atoms with van der Waals surface area (Å²) in [5.41, 5.74) is 0. The van der Waals surface area contributed by atoms with Crippen LogP contribution in [0.25, 0.3) is 0 Å². The summed E-state index contributed by atoms with van der Waals surface area (Å²) in [7, 11) is 0. The van der Waals surface area contributed by atoms with Gasteiger partial charge in [0.25, 0.3) is 0 Å². The molecule has 0 aromatic carbocycles. The van der Waals surface area contributed by atoms with Gasteiger partial charge in [0.05, 0.1) is 0 Å². The second kappa shape index (κ2) is 5.67. The first kappa shape index (κ1) is 11.9. The van der Waals surface area contributed by atoms with Gasteiger partial charge in [0.15, 0.2) is 0 Å². The van der Waals surface area contributed by atoms with Crippen molar-refractivity contribution in [3.63, 3.8) is 0 Å². The van der Waals surface area contributed by atoms with Crippen molar-refractivity contribution in [3.8, 4) is 0 Å². The van der Waals surface area contributed by atoms with E-state index in [1.54, 1.807) is 0 Å². The van der Waals surface area contributed by atoms with Crippen LogP contribution in [0.2, 0.25) is 0 Å². The van der Waals surface area contributed by atoms with Gasteiger partial charge in [-0.1, -0.05) is 12.8 Å². The van der Waals surface area contributed by atoms with Gasteiger partial charge in [-0.25, -0.2) is 0 Å². The van der Waals surface area contributed by atoms with Gasteiger partial charge in [-0.3, -0.25) is 4.79 Å². The van der Waals surface area contributed by atoms with Crippen molar-refractivity contribution >= 4 is 5.97 Å². The number of carbonyl (C=O) groups is 1. The van der Waals surface area contributed by atoms with E-state index in [2.05, 4.69) is 4.90 Å². The maximum atomic E-state index is 10.6. The lowest BCUT2D eigenvalue weighted by molar-refractivity contribution is -0.138. The number of aliphatic carboxylic acids is 1. The Morgan fingerprint density at radius 2 is 1.69 bits per heavy atom. The van der Waals surface area contributed by atoms with Crippen LogP contribution in [0.4, 0.5) is 0 Å². The molecule has 0 radical (unpaired) electrons. The van der Waals surface area contributed by atoms with Gasteiger partial charge in [-0.05, 0) is 50.6 Å². The van der Waals surface area contributed by atoms with Gasteiger partial charge in [-0.15, -0.1) is 0 Å². The van der Waals surface area contributed by atoms with Gasteiger partial charge >= 0.3 is 5.97 Å². The molecule has 1 aliphatic carbocycles. The van der Waals surface area contributed by atoms with Crippen molar-refractivity contribution in [2.45, 2.75) is 44.9 Å². The van der Waals surface area contributed by atoms with Crippen molar-refractivity contribution in [2.75, 3.05) is 19.6 Å². The Balaban J connectivity index is 1.66. The number of nitrogens with zero attached hydrogens (tertiary/aromatic N) is 1. The highest BCUT2D eigenvalue weighted by molar-refractivity contribution is 5.67. The first-order chi connectivity index (χ1) is 7.74. The van der Waals surface area contributed by atoms with Crippen LogP contribution in [-0.4, -0.2) is 35.6 Å². The van der Waals surface area contributed by atoms with Gasteiger partial charge in [0.2, 0.25) is 0 Å². The van der Waals surface area contributed by atoms with Crippen molar-refractivity contribution < 1.29 is 9.90 Å². The van der Waals surface area contributed by atoms with E-state index in [1.165, 1.54) is 32.2 Å². The molecule has 0 amide bonds. The molecule has 1 saturated heterocycles. The Kier molecular flexibility index (Phi) is 4.22. The zero-order valence-corrected chi connectivity index (χ0v) is 10.0. The Morgan fingerprint density at radius 3 is 2.25 bits per heavy atom. The molecular formula is C13H23NO2. The molecule has 0 aromatic rings. The smallest absolute Gasteiger partial charge is 0.303 e. The van der Waals surface area contributed by atoms with Gasteiger partial charge in [0.1, 0.15) is 0 Å². The predicted octanol–water partition coefficient (Wildman–Crippen LogP) is 2.36. The first-order valence-corrected chi connectivity index (χ1v) is 6.68. The molecular weight excluding hydrogens is 202 g/mol. The molecule has 0 bridgehead atoms. The Hall–Kier alpha value is -0.570. The van der Waals surface area contributed by atoms with Crippen LogP contribution in [0.1, 0.15) is 44.9 Å². The highest BCUT2D eigenvalue weighted by Gasteiger charge is 2.24. The molecule has 16 heavy (non-hydrogen) atoms. The molecule has 3 nitrogen and oxygen atoms in total. The first-order valence-electron chi connectivity index (χ1n) is 6.68. The molecule has 2 aliphatic rings. The number of piperidine rings is 1. The normalized spacial score (nSPS) is 25.0. The molecule has 1 saturated carbocycles. The zero-order valence-electron chi connectivity index (χ0n) is 10.0. The number of rotatable bonds is 4. The van der Waals surface area contributed by atoms with E-state index >= 15 is 0 Å². The predicted molar refractivity (Wildman–Crippen MR) is 63.4 cm³/mol. The van der Waals surface area contributed by atoms with Crippen LogP contribution in [0, 0.1) is 11.8 Å². The molecule has 0 unspecified atom stereocenters. The lowest BCUT2D eigenvalue weighted by Gasteiger charge is -2.32. The van der Waals surface area contributed by atoms with Crippen molar-refractivity contribution in [1.82, 2.24) is 4.90 Å². The van der Waals surface area contributed by atoms with E-state index in [1.807, 2.05) is 0 Å². The van der Waals surface area contributed by atoms with Crippen LogP contribution in [0.5, 0.6) is 0 Å². The maximum absolute atomic E-state index is 10.6. The average molecular weight is 225 g/mol. The minimum Gasteiger partial charge on any atom is -0.481 e. The summed E-state index contributed by atoms with van der Waals surface area (Å²) < 4.78 is 0. The molecule has 0 atom stereocenters. The average Bonchev–Trinajstić information content (AvgIpc) is 2.73. The minimum atomic E-state index is -0.630. The lowest BCUT2D eigenvalue weighted by Crippen LogP contribution is -2.37. The van der Waals surface area contributed by atoms with Crippen LogP contribution in [0.15, 0.2) is 0 Å². The van der Waals surface area contributed by atoms with E-state index in [9.17, 15) is 4.79 Å². The topological polar surface area (TPSA) is 40.5 Å². The van der Waals surface area contributed by atoms with E-state index in [-0.39, 0.29) is 0 Å². The molecule has 92 valence electrons. The summed E-state index contributed by atoms with van der Waals surface area (Å²) in [6.07, 6.45) is 8.19. The maximum Gasteiger partial charge on any atom is 0.303 e. The second-order valence-corrected chi connectivity index (χ2v) is 5.49. The van der Waals surface area contributed by atoms with E-state index in [4.69, 9.17) is 5.11 Å². The Labute approximate surface area is 97.8 Å². The van der Waals surface area contributed by atoms with Gasteiger partial charge in [0, 0.05) is 13.0 Å². The fraction of sp³-hybridized carbons (Fsp3) is 0.923. The number of hydrogen-bond acceptors (Lipinski definition) is 2. The summed E-state index contributed by atoms with van der Waals surface area (Å²) in [5.74, 6) is 0.725. The highest BCUT2D eigenvalue weighted by Crippen LogP contribution is 2.27. The van der Waals surface area contributed by atoms with Gasteiger partial charge < -0.3 is 10.0 Å². The summed E-state index contributed by atoms with van der Waals surface area (Å²) in [4.78, 5) is 13.2. The SMILES string of the molecule is O=C(O)CC1CCN(CC2CCCC2)CC1. The van der Waals surface area contributed by atoms with E-state index < -0.39 is 5.97 Å². The highest BCUT2D eigenvalue weighted by atomic mass is 16.4. The largest absolute Gasteiger partial charge is 0.481 e. The minimum absolute atomic E-state index is 0.372. The molecule has 2 rings (SSSR count). The third kappa shape index (κ3) is 3.48. The third-order valence-electron chi connectivity index (χ3n) is 4.16. The van der Waals surface area contributed by atoms with Crippen LogP contribution >= 0.6 is 0 Å². The molecule has 0 aromatic heterocycles. The molecule has 3 heteroatoms. The Bertz CT molecular complexity index is 228. The van der Waals surface area contributed by atoms with Crippen LogP contribution in [-0.2, 0) is 4.79 Å². The van der Waals surface area contributed by atoms with E-state index in [0.29, 0.717) is 12.3 Å². The number of carboxylic acids is 1. The fourth-order valence-electron chi connectivity index (χ4n) is 3.18. The quantitative estimate of drug-likeness (QED) is 0.798. The second-order valence-electron chi connectivity index (χ2n) is 5.49. The molecule has 1 N–H and O–H groups in total. The number of likely N-dealkylation sites (tertiary alicyclic amines) is 1. The van der Waals surface area contributed by atoms with Crippen LogP contribution < -0.4 is 0 Å². The number of carboxylic acid groups (broad SMARTS) is 1. The summed E-state index contributed by atoms with van der Waals surface area (Å²) >= 11 is 0. The summed E-state index contributed by atoms with van der Waals surface area (Å²) in [5, 5.41) is 8.75. The fourth-order valence-corrected chi connectivity index (χ4v) is 3.18. The Morgan fingerprint density at radius 1 is 1.06 bits per heavy atom. The molecule has 2 fully saturated rings. The van der Waals surface area contributed by atoms with Crippen molar-refractivity contribution in [2.24, 2.45) is 11.8 Å². The molecule has 1 aliphatic heterocycles. The standard InChI is InChI=1S/C13H23NO2/c15-13(16)9-11-5-7-14(8-6-11)10-12-3-1-2-4-12/h11-12H,1-10H2,(H,15,16). The monoisotopic (exact) mass is 225 g/mol. The van der Waals surface area contributed by atoms with Crippen molar-refractivity contribution in [3.05, 3.63) is 0 Å². The van der Waals surface area contributed by atoms with E-state index in [0.717, 1.165) is 31.8 Å². The van der Waals surface area contributed by atoms with Crippen LogP contribution in [0.3, 0.4) is 0 Å². The number of hydrogen-bond donors (Lipinski definition) is 1. The zero-order chi connectivity index (χ0) is 11.4. The molecule has 0 spiro atoms. The third-order valence-corrected chi connectivity index (χ3v) is 4.16. The van der Waals surface area contributed by atoms with Crippen molar-refractivity contribution in [1.29, 1.82) is 0 Å². The molecule has 1 heterocycles. The lowest BCUT2D eigenvalue weighted by atomic mass is 9.93. The summed E-state index contributed by atoms with van der Waals surface area (Å²) in [6, 6.07) is 0. The summed E-state index contributed by atoms with van der Waals surface area (Å²) in [6.45, 7) is 3.50. The van der Waals surface area contributed by atoms with Gasteiger partial charge in [-0.2, -0.15) is 0 Å².